The van der Waals surface area contributed by atoms with Crippen LogP contribution in [0.15, 0.2) is 59.6 Å². The van der Waals surface area contributed by atoms with Crippen LogP contribution in [0.2, 0.25) is 0 Å². The monoisotopic (exact) mass is 349 g/mol. The number of nitriles is 1. The topological polar surface area (TPSA) is 67.9 Å². The summed E-state index contributed by atoms with van der Waals surface area (Å²) < 4.78 is 6.46. The van der Waals surface area contributed by atoms with E-state index in [9.17, 15) is 10.1 Å². The van der Waals surface area contributed by atoms with Gasteiger partial charge in [0.05, 0.1) is 18.5 Å². The molecule has 124 valence electrons. The minimum absolute atomic E-state index is 0.0560. The number of thiophene rings is 1. The summed E-state index contributed by atoms with van der Waals surface area (Å²) in [7, 11) is 1.26. The molecule has 0 radical (unpaired) electrons. The van der Waals surface area contributed by atoms with Gasteiger partial charge in [-0.15, -0.1) is 11.3 Å². The average Bonchev–Trinajstić information content (AvgIpc) is 3.29. The summed E-state index contributed by atoms with van der Waals surface area (Å²) in [4.78, 5) is 12.7. The van der Waals surface area contributed by atoms with Crippen LogP contribution in [0.1, 0.15) is 11.1 Å². The number of rotatable bonds is 5. The predicted octanol–water partition coefficient (Wildman–Crippen LogP) is 3.74. The van der Waals surface area contributed by atoms with Crippen molar-refractivity contribution in [2.45, 2.75) is 6.54 Å². The molecule has 2 heterocycles. The lowest BCUT2D eigenvalue weighted by Crippen LogP contribution is -2.02. The lowest BCUT2D eigenvalue weighted by molar-refractivity contribution is -0.135. The van der Waals surface area contributed by atoms with Crippen molar-refractivity contribution in [3.8, 4) is 16.6 Å². The highest BCUT2D eigenvalue weighted by Gasteiger charge is 2.15. The zero-order chi connectivity index (χ0) is 17.6. The Morgan fingerprint density at radius 3 is 2.76 bits per heavy atom. The fourth-order valence-electron chi connectivity index (χ4n) is 2.40. The number of methoxy groups -OCH3 is 1. The molecule has 1 aromatic carbocycles. The van der Waals surface area contributed by atoms with Crippen LogP contribution in [0, 0.1) is 11.3 Å². The van der Waals surface area contributed by atoms with Gasteiger partial charge in [0, 0.05) is 11.8 Å². The van der Waals surface area contributed by atoms with Crippen molar-refractivity contribution in [1.82, 2.24) is 9.78 Å². The number of aromatic nitrogens is 2. The van der Waals surface area contributed by atoms with Gasteiger partial charge in [0.15, 0.2) is 0 Å². The van der Waals surface area contributed by atoms with Crippen molar-refractivity contribution in [2.75, 3.05) is 7.11 Å². The molecule has 3 rings (SSSR count). The zero-order valence-corrected chi connectivity index (χ0v) is 14.4. The van der Waals surface area contributed by atoms with Gasteiger partial charge in [-0.1, -0.05) is 36.4 Å². The Morgan fingerprint density at radius 2 is 2.12 bits per heavy atom. The Kier molecular flexibility index (Phi) is 5.07. The SMILES string of the molecule is COC(=O)/C(C#N)=C\c1cn(Cc2ccccc2)nc1-c1cccs1. The van der Waals surface area contributed by atoms with Gasteiger partial charge in [0.25, 0.3) is 0 Å². The Labute approximate surface area is 149 Å². The first-order valence-electron chi connectivity index (χ1n) is 7.56. The number of benzene rings is 1. The molecule has 3 aromatic rings. The quantitative estimate of drug-likeness (QED) is 0.400. The largest absolute Gasteiger partial charge is 0.465 e. The molecule has 0 saturated heterocycles. The molecule has 2 aromatic heterocycles. The highest BCUT2D eigenvalue weighted by Crippen LogP contribution is 2.28. The lowest BCUT2D eigenvalue weighted by Gasteiger charge is -2.00. The van der Waals surface area contributed by atoms with E-state index in [0.717, 1.165) is 16.1 Å². The number of esters is 1. The van der Waals surface area contributed by atoms with Gasteiger partial charge in [0.2, 0.25) is 0 Å². The van der Waals surface area contributed by atoms with Crippen LogP contribution in [0.25, 0.3) is 16.6 Å². The fourth-order valence-corrected chi connectivity index (χ4v) is 3.13. The molecular formula is C19H15N3O2S. The summed E-state index contributed by atoms with van der Waals surface area (Å²) in [6.07, 6.45) is 3.36. The molecule has 0 unspecified atom stereocenters. The number of nitrogens with zero attached hydrogens (tertiary/aromatic N) is 3. The first-order chi connectivity index (χ1) is 12.2. The van der Waals surface area contributed by atoms with E-state index in [1.54, 1.807) is 11.3 Å². The molecule has 0 atom stereocenters. The van der Waals surface area contributed by atoms with Crippen molar-refractivity contribution >= 4 is 23.4 Å². The molecule has 0 fully saturated rings. The molecule has 0 saturated carbocycles. The second-order valence-electron chi connectivity index (χ2n) is 5.25. The highest BCUT2D eigenvalue weighted by molar-refractivity contribution is 7.13. The van der Waals surface area contributed by atoms with E-state index in [-0.39, 0.29) is 5.57 Å². The molecule has 0 aliphatic rings. The Balaban J connectivity index is 2.02. The number of carbonyl (C=O) groups excluding carboxylic acids is 1. The van der Waals surface area contributed by atoms with E-state index < -0.39 is 5.97 Å². The van der Waals surface area contributed by atoms with Crippen molar-refractivity contribution < 1.29 is 9.53 Å². The molecule has 0 N–H and O–H groups in total. The second kappa shape index (κ2) is 7.60. The van der Waals surface area contributed by atoms with Crippen LogP contribution in [0.4, 0.5) is 0 Å². The van der Waals surface area contributed by atoms with E-state index in [4.69, 9.17) is 0 Å². The van der Waals surface area contributed by atoms with Gasteiger partial charge >= 0.3 is 5.97 Å². The molecular weight excluding hydrogens is 334 g/mol. The van der Waals surface area contributed by atoms with Gasteiger partial charge in [-0.05, 0) is 23.1 Å². The van der Waals surface area contributed by atoms with Crippen LogP contribution in [0.5, 0.6) is 0 Å². The van der Waals surface area contributed by atoms with E-state index in [1.807, 2.05) is 64.8 Å². The molecule has 0 aliphatic carbocycles. The van der Waals surface area contributed by atoms with Crippen LogP contribution in [-0.2, 0) is 16.1 Å². The summed E-state index contributed by atoms with van der Waals surface area (Å²) in [5.41, 5.74) is 2.51. The molecule has 0 spiro atoms. The third kappa shape index (κ3) is 3.84. The first-order valence-corrected chi connectivity index (χ1v) is 8.44. The molecule has 0 amide bonds. The molecule has 5 nitrogen and oxygen atoms in total. The summed E-state index contributed by atoms with van der Waals surface area (Å²) in [6, 6.07) is 15.8. The van der Waals surface area contributed by atoms with Crippen molar-refractivity contribution in [3.05, 3.63) is 70.7 Å². The van der Waals surface area contributed by atoms with E-state index in [2.05, 4.69) is 9.84 Å². The maximum absolute atomic E-state index is 11.7. The lowest BCUT2D eigenvalue weighted by atomic mass is 10.1. The minimum Gasteiger partial charge on any atom is -0.465 e. The normalized spacial score (nSPS) is 11.1. The van der Waals surface area contributed by atoms with Crippen molar-refractivity contribution in [2.24, 2.45) is 0 Å². The van der Waals surface area contributed by atoms with Gasteiger partial charge in [0.1, 0.15) is 17.3 Å². The van der Waals surface area contributed by atoms with Crippen LogP contribution >= 0.6 is 11.3 Å². The smallest absolute Gasteiger partial charge is 0.348 e. The summed E-state index contributed by atoms with van der Waals surface area (Å²) >= 11 is 1.55. The average molecular weight is 349 g/mol. The van der Waals surface area contributed by atoms with Crippen LogP contribution < -0.4 is 0 Å². The standard InChI is InChI=1S/C19H15N3O2S/c1-24-19(23)15(11-20)10-16-13-22(12-14-6-3-2-4-7-14)21-18(16)17-8-5-9-25-17/h2-10,13H,12H2,1H3/b15-10-. The van der Waals surface area contributed by atoms with Crippen LogP contribution in [0.3, 0.4) is 0 Å². The number of hydrogen-bond donors (Lipinski definition) is 0. The predicted molar refractivity (Wildman–Crippen MR) is 96.7 cm³/mol. The zero-order valence-electron chi connectivity index (χ0n) is 13.5. The molecule has 0 bridgehead atoms. The second-order valence-corrected chi connectivity index (χ2v) is 6.20. The minimum atomic E-state index is -0.657. The number of hydrogen-bond acceptors (Lipinski definition) is 5. The summed E-state index contributed by atoms with van der Waals surface area (Å²) in [6.45, 7) is 0.604. The Hall–Kier alpha value is -3.17. The first kappa shape index (κ1) is 16.7. The third-order valence-corrected chi connectivity index (χ3v) is 4.43. The van der Waals surface area contributed by atoms with Gasteiger partial charge in [-0.2, -0.15) is 10.4 Å². The van der Waals surface area contributed by atoms with Gasteiger partial charge < -0.3 is 4.74 Å². The number of ether oxygens (including phenoxy) is 1. The van der Waals surface area contributed by atoms with Gasteiger partial charge in [-0.3, -0.25) is 4.68 Å². The fraction of sp³-hybridized carbons (Fsp3) is 0.105. The highest BCUT2D eigenvalue weighted by atomic mass is 32.1. The number of carbonyl (C=O) groups is 1. The Bertz CT molecular complexity index is 935. The maximum Gasteiger partial charge on any atom is 0.348 e. The summed E-state index contributed by atoms with van der Waals surface area (Å²) in [5, 5.41) is 15.8. The van der Waals surface area contributed by atoms with Crippen molar-refractivity contribution in [3.63, 3.8) is 0 Å². The van der Waals surface area contributed by atoms with E-state index in [1.165, 1.54) is 13.2 Å². The van der Waals surface area contributed by atoms with E-state index >= 15 is 0 Å². The van der Waals surface area contributed by atoms with Crippen LogP contribution in [-0.4, -0.2) is 22.9 Å². The van der Waals surface area contributed by atoms with Gasteiger partial charge in [-0.25, -0.2) is 4.79 Å². The van der Waals surface area contributed by atoms with E-state index in [0.29, 0.717) is 12.1 Å². The summed E-state index contributed by atoms with van der Waals surface area (Å²) in [5.74, 6) is -0.657. The maximum atomic E-state index is 11.7. The van der Waals surface area contributed by atoms with Crippen molar-refractivity contribution in [1.29, 1.82) is 5.26 Å². The molecule has 25 heavy (non-hydrogen) atoms. The third-order valence-electron chi connectivity index (χ3n) is 3.56. The molecule has 0 aliphatic heterocycles. The Morgan fingerprint density at radius 1 is 1.32 bits per heavy atom. The molecule has 6 heteroatoms.